The number of ether oxygens (including phenoxy) is 1. The Labute approximate surface area is 214 Å². The zero-order chi connectivity index (χ0) is 26.1. The molecule has 4 aromatic rings. The molecule has 2 amide bonds. The minimum Gasteiger partial charge on any atom is -0.467 e. The lowest BCUT2D eigenvalue weighted by Crippen LogP contribution is -2.33. The molecule has 1 fully saturated rings. The van der Waals surface area contributed by atoms with Crippen molar-refractivity contribution in [2.24, 2.45) is 7.05 Å². The van der Waals surface area contributed by atoms with Crippen molar-refractivity contribution in [1.82, 2.24) is 19.3 Å². The maximum absolute atomic E-state index is 13.4. The maximum atomic E-state index is 13.4. The number of aliphatic hydroxyl groups is 1. The van der Waals surface area contributed by atoms with Gasteiger partial charge in [-0.25, -0.2) is 23.8 Å². The van der Waals surface area contributed by atoms with E-state index in [0.29, 0.717) is 31.0 Å². The number of pyridine rings is 1. The number of aromatic nitrogens is 4. The van der Waals surface area contributed by atoms with E-state index in [1.807, 2.05) is 61.5 Å². The van der Waals surface area contributed by atoms with Crippen molar-refractivity contribution in [3.8, 4) is 22.8 Å². The highest BCUT2D eigenvalue weighted by atomic mass is 16.5. The average molecular weight is 501 g/mol. The van der Waals surface area contributed by atoms with E-state index in [9.17, 15) is 14.7 Å². The minimum atomic E-state index is -0.299. The molecule has 10 nitrogen and oxygen atoms in total. The van der Waals surface area contributed by atoms with Crippen LogP contribution in [-0.2, 0) is 20.1 Å². The van der Waals surface area contributed by atoms with Crippen LogP contribution in [0.1, 0.15) is 18.1 Å². The van der Waals surface area contributed by atoms with Crippen LogP contribution < -0.4 is 20.2 Å². The zero-order valence-corrected chi connectivity index (χ0v) is 21.0. The molecule has 2 aromatic carbocycles. The molecule has 0 saturated carbocycles. The third-order valence-electron chi connectivity index (χ3n) is 6.57. The van der Waals surface area contributed by atoms with Crippen LogP contribution in [-0.4, -0.2) is 50.7 Å². The van der Waals surface area contributed by atoms with E-state index < -0.39 is 0 Å². The van der Waals surface area contributed by atoms with Gasteiger partial charge in [0.05, 0.1) is 19.4 Å². The number of carbonyl (C=O) groups excluding carboxylic acids is 1. The molecule has 0 atom stereocenters. The maximum Gasteiger partial charge on any atom is 0.353 e. The number of carbonyl (C=O) groups is 1. The van der Waals surface area contributed by atoms with Crippen LogP contribution in [0.2, 0.25) is 0 Å². The van der Waals surface area contributed by atoms with Crippen molar-refractivity contribution in [3.63, 3.8) is 0 Å². The first-order valence-electron chi connectivity index (χ1n) is 12.0. The van der Waals surface area contributed by atoms with Gasteiger partial charge in [-0.05, 0) is 53.4 Å². The first-order valence-corrected chi connectivity index (χ1v) is 12.0. The first kappa shape index (κ1) is 24.3. The molecule has 3 heterocycles. The van der Waals surface area contributed by atoms with E-state index in [0.717, 1.165) is 27.9 Å². The first-order chi connectivity index (χ1) is 18.0. The molecule has 190 valence electrons. The second-order valence-corrected chi connectivity index (χ2v) is 8.70. The van der Waals surface area contributed by atoms with E-state index in [2.05, 4.69) is 10.1 Å². The molecule has 2 aromatic heterocycles. The van der Waals surface area contributed by atoms with E-state index in [4.69, 9.17) is 4.74 Å². The number of hydrogen-bond acceptors (Lipinski definition) is 6. The quantitative estimate of drug-likeness (QED) is 0.418. The minimum absolute atomic E-state index is 0.0792. The molecule has 1 N–H and O–H groups in total. The third kappa shape index (κ3) is 4.25. The van der Waals surface area contributed by atoms with Gasteiger partial charge in [0.2, 0.25) is 0 Å². The topological polar surface area (TPSA) is 106 Å². The van der Waals surface area contributed by atoms with Crippen LogP contribution >= 0.6 is 0 Å². The summed E-state index contributed by atoms with van der Waals surface area (Å²) in [5.41, 5.74) is 4.73. The Hall–Kier alpha value is -4.44. The van der Waals surface area contributed by atoms with Gasteiger partial charge in [0.1, 0.15) is 5.82 Å². The van der Waals surface area contributed by atoms with E-state index in [-0.39, 0.29) is 24.3 Å². The van der Waals surface area contributed by atoms with Crippen molar-refractivity contribution >= 4 is 17.5 Å². The van der Waals surface area contributed by atoms with Gasteiger partial charge in [0.25, 0.3) is 0 Å². The molecule has 0 aliphatic carbocycles. The van der Waals surface area contributed by atoms with Crippen molar-refractivity contribution < 1.29 is 14.6 Å². The van der Waals surface area contributed by atoms with Gasteiger partial charge in [-0.3, -0.25) is 9.80 Å². The fraction of sp³-hybridized carbons (Fsp3) is 0.259. The molecule has 1 aliphatic heterocycles. The number of amides is 2. The van der Waals surface area contributed by atoms with Crippen LogP contribution in [0.4, 0.5) is 16.3 Å². The number of nitrogens with zero attached hydrogens (tertiary/aromatic N) is 6. The summed E-state index contributed by atoms with van der Waals surface area (Å²) in [6.07, 6.45) is 2.40. The molecule has 0 unspecified atom stereocenters. The third-order valence-corrected chi connectivity index (χ3v) is 6.57. The average Bonchev–Trinajstić information content (AvgIpc) is 3.46. The fourth-order valence-corrected chi connectivity index (χ4v) is 4.71. The Balaban J connectivity index is 1.47. The lowest BCUT2D eigenvalue weighted by molar-refractivity contribution is 0.255. The Bertz CT molecular complexity index is 1510. The van der Waals surface area contributed by atoms with Gasteiger partial charge >= 0.3 is 17.7 Å². The largest absolute Gasteiger partial charge is 0.467 e. The van der Waals surface area contributed by atoms with Gasteiger partial charge in [0, 0.05) is 37.6 Å². The highest BCUT2D eigenvalue weighted by Crippen LogP contribution is 2.33. The molecule has 5 rings (SSSR count). The van der Waals surface area contributed by atoms with Crippen molar-refractivity contribution in [1.29, 1.82) is 0 Å². The van der Waals surface area contributed by atoms with Gasteiger partial charge in [0.15, 0.2) is 0 Å². The predicted molar refractivity (Wildman–Crippen MR) is 140 cm³/mol. The van der Waals surface area contributed by atoms with Crippen LogP contribution in [0.5, 0.6) is 6.01 Å². The molecule has 0 bridgehead atoms. The molecular formula is C27H28N6O4. The fourth-order valence-electron chi connectivity index (χ4n) is 4.71. The number of aliphatic hydroxyl groups excluding tert-OH is 1. The lowest BCUT2D eigenvalue weighted by atomic mass is 9.98. The second-order valence-electron chi connectivity index (χ2n) is 8.70. The number of benzene rings is 2. The van der Waals surface area contributed by atoms with Crippen molar-refractivity contribution in [2.45, 2.75) is 20.0 Å². The summed E-state index contributed by atoms with van der Waals surface area (Å²) in [5.74, 6) is 0.639. The number of methoxy groups -OCH3 is 1. The Morgan fingerprint density at radius 2 is 1.76 bits per heavy atom. The Morgan fingerprint density at radius 1 is 1.00 bits per heavy atom. The SMILES string of the molecule is CCc1c(-c2ccc(-n3c(OC)nn(C)c3=O)cc2)ccnc1N1CCN(c2cccc(CO)c2)C1=O. The number of aryl methyl sites for hydroxylation is 1. The van der Waals surface area contributed by atoms with Gasteiger partial charge in [-0.15, -0.1) is 5.10 Å². The number of rotatable bonds is 7. The summed E-state index contributed by atoms with van der Waals surface area (Å²) < 4.78 is 7.90. The lowest BCUT2D eigenvalue weighted by Gasteiger charge is -2.22. The smallest absolute Gasteiger partial charge is 0.353 e. The summed E-state index contributed by atoms with van der Waals surface area (Å²) in [5, 5.41) is 13.6. The highest BCUT2D eigenvalue weighted by molar-refractivity contribution is 6.06. The molecule has 0 radical (unpaired) electrons. The monoisotopic (exact) mass is 500 g/mol. The number of urea groups is 1. The van der Waals surface area contributed by atoms with E-state index in [1.54, 1.807) is 23.0 Å². The van der Waals surface area contributed by atoms with Crippen LogP contribution in [0.3, 0.4) is 0 Å². The van der Waals surface area contributed by atoms with Crippen LogP contribution in [0.15, 0.2) is 65.6 Å². The summed E-state index contributed by atoms with van der Waals surface area (Å²) in [6.45, 7) is 3.00. The summed E-state index contributed by atoms with van der Waals surface area (Å²) in [6, 6.07) is 16.9. The van der Waals surface area contributed by atoms with Gasteiger partial charge < -0.3 is 9.84 Å². The van der Waals surface area contributed by atoms with E-state index >= 15 is 0 Å². The standard InChI is InChI=1S/C27H28N6O4/c1-4-22-23(19-8-10-20(11-9-19)33-25(37-3)29-30(2)26(33)35)12-13-28-24(22)32-15-14-31(27(32)36)21-7-5-6-18(16-21)17-34/h5-13,16,34H,4,14-15,17H2,1-3H3. The Kier molecular flexibility index (Phi) is 6.49. The van der Waals surface area contributed by atoms with Crippen molar-refractivity contribution in [2.75, 3.05) is 30.0 Å². The predicted octanol–water partition coefficient (Wildman–Crippen LogP) is 3.14. The van der Waals surface area contributed by atoms with Gasteiger partial charge in [-0.2, -0.15) is 0 Å². The molecule has 37 heavy (non-hydrogen) atoms. The molecule has 1 saturated heterocycles. The molecular weight excluding hydrogens is 472 g/mol. The summed E-state index contributed by atoms with van der Waals surface area (Å²) in [7, 11) is 3.05. The number of hydrogen-bond donors (Lipinski definition) is 1. The molecule has 1 aliphatic rings. The van der Waals surface area contributed by atoms with Crippen LogP contribution in [0, 0.1) is 0 Å². The van der Waals surface area contributed by atoms with Crippen LogP contribution in [0.25, 0.3) is 16.8 Å². The van der Waals surface area contributed by atoms with Crippen molar-refractivity contribution in [3.05, 3.63) is 82.4 Å². The van der Waals surface area contributed by atoms with Gasteiger partial charge in [-0.1, -0.05) is 31.2 Å². The molecule has 0 spiro atoms. The zero-order valence-electron chi connectivity index (χ0n) is 21.0. The normalized spacial score (nSPS) is 13.5. The summed E-state index contributed by atoms with van der Waals surface area (Å²) >= 11 is 0. The highest BCUT2D eigenvalue weighted by Gasteiger charge is 2.33. The van der Waals surface area contributed by atoms with E-state index in [1.165, 1.54) is 16.4 Å². The number of anilines is 2. The molecule has 10 heteroatoms. The Morgan fingerprint density at radius 3 is 2.46 bits per heavy atom. The summed E-state index contributed by atoms with van der Waals surface area (Å²) in [4.78, 5) is 33.9. The second kappa shape index (κ2) is 9.90.